The van der Waals surface area contributed by atoms with Crippen molar-refractivity contribution in [3.63, 3.8) is 0 Å². The Morgan fingerprint density at radius 2 is 1.93 bits per heavy atom. The number of nitrogens with one attached hydrogen (secondary N) is 1. The van der Waals surface area contributed by atoms with Crippen LogP contribution in [0.2, 0.25) is 0 Å². The lowest BCUT2D eigenvalue weighted by Gasteiger charge is -2.15. The van der Waals surface area contributed by atoms with Crippen LogP contribution in [0.25, 0.3) is 0 Å². The maximum atomic E-state index is 11.6. The number of hydrogen-bond acceptors (Lipinski definition) is 3. The fraction of sp³-hybridized carbons (Fsp3) is 0.273. The number of carbonyl (C=O) groups is 2. The Labute approximate surface area is 87.9 Å². The second-order valence-corrected chi connectivity index (χ2v) is 3.33. The summed E-state index contributed by atoms with van der Waals surface area (Å²) in [5.41, 5.74) is 1.28. The van der Waals surface area contributed by atoms with Crippen molar-refractivity contribution in [1.82, 2.24) is 5.32 Å². The molecule has 15 heavy (non-hydrogen) atoms. The largest absolute Gasteiger partial charge is 0.548 e. The predicted molar refractivity (Wildman–Crippen MR) is 53.1 cm³/mol. The first kappa shape index (κ1) is 11.2. The van der Waals surface area contributed by atoms with Gasteiger partial charge in [0.1, 0.15) is 0 Å². The van der Waals surface area contributed by atoms with Crippen molar-refractivity contribution in [3.8, 4) is 0 Å². The topological polar surface area (TPSA) is 69.2 Å². The third-order valence-corrected chi connectivity index (χ3v) is 2.09. The van der Waals surface area contributed by atoms with E-state index in [1.165, 1.54) is 6.92 Å². The quantitative estimate of drug-likeness (QED) is 0.748. The summed E-state index contributed by atoms with van der Waals surface area (Å²) < 4.78 is 0. The summed E-state index contributed by atoms with van der Waals surface area (Å²) in [6.45, 7) is 3.16. The van der Waals surface area contributed by atoms with Crippen molar-refractivity contribution >= 4 is 11.9 Å². The first-order valence-corrected chi connectivity index (χ1v) is 4.59. The molecule has 0 saturated heterocycles. The molecule has 1 rings (SSSR count). The van der Waals surface area contributed by atoms with Crippen molar-refractivity contribution in [2.75, 3.05) is 0 Å². The molecule has 0 aromatic heterocycles. The zero-order chi connectivity index (χ0) is 11.4. The van der Waals surface area contributed by atoms with E-state index in [4.69, 9.17) is 0 Å². The minimum Gasteiger partial charge on any atom is -0.548 e. The Kier molecular flexibility index (Phi) is 3.44. The van der Waals surface area contributed by atoms with Gasteiger partial charge in [0.25, 0.3) is 5.91 Å². The highest BCUT2D eigenvalue weighted by Gasteiger charge is 2.11. The molecule has 0 spiro atoms. The van der Waals surface area contributed by atoms with Gasteiger partial charge in [-0.1, -0.05) is 18.2 Å². The average molecular weight is 206 g/mol. The van der Waals surface area contributed by atoms with Crippen LogP contribution in [-0.4, -0.2) is 17.9 Å². The van der Waals surface area contributed by atoms with Gasteiger partial charge in [-0.2, -0.15) is 0 Å². The van der Waals surface area contributed by atoms with E-state index >= 15 is 0 Å². The fourth-order valence-electron chi connectivity index (χ4n) is 1.16. The number of rotatable bonds is 3. The first-order chi connectivity index (χ1) is 7.02. The highest BCUT2D eigenvalue weighted by Crippen LogP contribution is 2.06. The summed E-state index contributed by atoms with van der Waals surface area (Å²) in [5, 5.41) is 12.8. The number of carboxylic acid groups (broad SMARTS) is 1. The minimum absolute atomic E-state index is 0.398. The molecule has 0 aliphatic carbocycles. The molecular formula is C11H12NO3-. The van der Waals surface area contributed by atoms with E-state index in [1.807, 2.05) is 6.07 Å². The van der Waals surface area contributed by atoms with Crippen LogP contribution >= 0.6 is 0 Å². The highest BCUT2D eigenvalue weighted by molar-refractivity contribution is 5.97. The third-order valence-electron chi connectivity index (χ3n) is 2.09. The van der Waals surface area contributed by atoms with E-state index in [2.05, 4.69) is 5.32 Å². The minimum atomic E-state index is -1.29. The number of carboxylic acids is 1. The Morgan fingerprint density at radius 3 is 2.47 bits per heavy atom. The Balaban J connectivity index is 2.78. The van der Waals surface area contributed by atoms with Crippen LogP contribution in [0.1, 0.15) is 22.8 Å². The molecule has 1 amide bonds. The van der Waals surface area contributed by atoms with Gasteiger partial charge in [-0.15, -0.1) is 0 Å². The van der Waals surface area contributed by atoms with E-state index in [9.17, 15) is 14.7 Å². The van der Waals surface area contributed by atoms with Gasteiger partial charge in [0.2, 0.25) is 0 Å². The van der Waals surface area contributed by atoms with E-state index in [-0.39, 0.29) is 0 Å². The van der Waals surface area contributed by atoms with Gasteiger partial charge in [0, 0.05) is 5.56 Å². The molecule has 4 heteroatoms. The van der Waals surface area contributed by atoms with Crippen LogP contribution in [0.15, 0.2) is 24.3 Å². The van der Waals surface area contributed by atoms with Gasteiger partial charge in [0.05, 0.1) is 12.0 Å². The molecule has 0 radical (unpaired) electrons. The maximum absolute atomic E-state index is 11.6. The van der Waals surface area contributed by atoms with Crippen LogP contribution in [0.5, 0.6) is 0 Å². The Bertz CT molecular complexity index is 387. The molecule has 1 aromatic rings. The summed E-state index contributed by atoms with van der Waals surface area (Å²) in [5.74, 6) is -1.69. The second-order valence-electron chi connectivity index (χ2n) is 3.33. The molecule has 1 atom stereocenters. The Morgan fingerprint density at radius 1 is 1.33 bits per heavy atom. The molecule has 1 aromatic carbocycles. The molecule has 0 fully saturated rings. The van der Waals surface area contributed by atoms with E-state index in [0.29, 0.717) is 5.56 Å². The summed E-state index contributed by atoms with van der Waals surface area (Å²) in [6.07, 6.45) is 0. The highest BCUT2D eigenvalue weighted by atomic mass is 16.4. The molecule has 0 aliphatic rings. The van der Waals surface area contributed by atoms with Crippen LogP contribution in [0, 0.1) is 6.92 Å². The molecule has 80 valence electrons. The zero-order valence-electron chi connectivity index (χ0n) is 8.61. The van der Waals surface area contributed by atoms with Gasteiger partial charge in [-0.3, -0.25) is 4.79 Å². The number of aliphatic carboxylic acids is 1. The van der Waals surface area contributed by atoms with Crippen LogP contribution in [-0.2, 0) is 4.79 Å². The lowest BCUT2D eigenvalue weighted by atomic mass is 10.1. The standard InChI is InChI=1S/C11H13NO3/c1-7-5-3-4-6-9(7)10(13)12-8(2)11(14)15/h3-6,8H,1-2H3,(H,12,13)(H,14,15)/p-1/t8-/m0/s1. The molecule has 1 N–H and O–H groups in total. The van der Waals surface area contributed by atoms with Crippen molar-refractivity contribution < 1.29 is 14.7 Å². The maximum Gasteiger partial charge on any atom is 0.252 e. The number of amides is 1. The SMILES string of the molecule is Cc1ccccc1C(=O)N[C@@H](C)C(=O)[O-]. The summed E-state index contributed by atoms with van der Waals surface area (Å²) in [7, 11) is 0. The van der Waals surface area contributed by atoms with Gasteiger partial charge in [-0.25, -0.2) is 0 Å². The third kappa shape index (κ3) is 2.80. The van der Waals surface area contributed by atoms with Gasteiger partial charge in [-0.05, 0) is 25.5 Å². The average Bonchev–Trinajstić information content (AvgIpc) is 2.18. The lowest BCUT2D eigenvalue weighted by Crippen LogP contribution is -2.46. The van der Waals surface area contributed by atoms with E-state index < -0.39 is 17.9 Å². The van der Waals surface area contributed by atoms with Gasteiger partial charge in [0.15, 0.2) is 0 Å². The zero-order valence-corrected chi connectivity index (χ0v) is 8.61. The lowest BCUT2D eigenvalue weighted by molar-refractivity contribution is -0.307. The second kappa shape index (κ2) is 4.59. The number of hydrogen-bond donors (Lipinski definition) is 1. The van der Waals surface area contributed by atoms with Crippen LogP contribution in [0.3, 0.4) is 0 Å². The van der Waals surface area contributed by atoms with Crippen LogP contribution in [0.4, 0.5) is 0 Å². The molecule has 0 aliphatic heterocycles. The number of benzene rings is 1. The number of carbonyl (C=O) groups excluding carboxylic acids is 2. The van der Waals surface area contributed by atoms with Gasteiger partial charge < -0.3 is 15.2 Å². The van der Waals surface area contributed by atoms with Crippen molar-refractivity contribution in [3.05, 3.63) is 35.4 Å². The summed E-state index contributed by atoms with van der Waals surface area (Å²) in [4.78, 5) is 22.0. The number of aryl methyl sites for hydroxylation is 1. The fourth-order valence-corrected chi connectivity index (χ4v) is 1.16. The van der Waals surface area contributed by atoms with Crippen molar-refractivity contribution in [2.45, 2.75) is 19.9 Å². The van der Waals surface area contributed by atoms with E-state index in [1.54, 1.807) is 25.1 Å². The molecular weight excluding hydrogens is 194 g/mol. The normalized spacial score (nSPS) is 11.9. The van der Waals surface area contributed by atoms with Gasteiger partial charge >= 0.3 is 0 Å². The monoisotopic (exact) mass is 206 g/mol. The van der Waals surface area contributed by atoms with Crippen molar-refractivity contribution in [1.29, 1.82) is 0 Å². The Hall–Kier alpha value is -1.84. The molecule has 0 saturated carbocycles. The van der Waals surface area contributed by atoms with Crippen molar-refractivity contribution in [2.24, 2.45) is 0 Å². The molecule has 0 heterocycles. The predicted octanol–water partition coefficient (Wildman–Crippen LogP) is -0.137. The summed E-state index contributed by atoms with van der Waals surface area (Å²) >= 11 is 0. The van der Waals surface area contributed by atoms with Crippen LogP contribution < -0.4 is 10.4 Å². The molecule has 4 nitrogen and oxygen atoms in total. The smallest absolute Gasteiger partial charge is 0.252 e. The molecule has 0 unspecified atom stereocenters. The first-order valence-electron chi connectivity index (χ1n) is 4.59. The van der Waals surface area contributed by atoms with E-state index in [0.717, 1.165) is 5.56 Å². The summed E-state index contributed by atoms with van der Waals surface area (Å²) in [6, 6.07) is 5.99. The molecule has 0 bridgehead atoms.